The van der Waals surface area contributed by atoms with Crippen molar-refractivity contribution < 1.29 is 9.72 Å². The van der Waals surface area contributed by atoms with Crippen molar-refractivity contribution in [2.24, 2.45) is 0 Å². The van der Waals surface area contributed by atoms with Crippen LogP contribution in [-0.2, 0) is 0 Å². The third-order valence-electron chi connectivity index (χ3n) is 2.42. The first-order valence-corrected chi connectivity index (χ1v) is 6.10. The number of aromatic nitrogens is 1. The number of benzene rings is 1. The van der Waals surface area contributed by atoms with Crippen LogP contribution in [-0.4, -0.2) is 15.8 Å². The first-order chi connectivity index (χ1) is 9.49. The fourth-order valence-electron chi connectivity index (χ4n) is 1.47. The maximum absolute atomic E-state index is 12.0. The highest BCUT2D eigenvalue weighted by Gasteiger charge is 2.15. The van der Waals surface area contributed by atoms with E-state index in [1.807, 2.05) is 0 Å². The van der Waals surface area contributed by atoms with Gasteiger partial charge in [-0.05, 0) is 18.2 Å². The maximum Gasteiger partial charge on any atom is 0.270 e. The molecule has 102 valence electrons. The van der Waals surface area contributed by atoms with Crippen molar-refractivity contribution >= 4 is 40.5 Å². The summed E-state index contributed by atoms with van der Waals surface area (Å²) in [6.07, 6.45) is 1.48. The lowest BCUT2D eigenvalue weighted by Gasteiger charge is -2.07. The van der Waals surface area contributed by atoms with Crippen molar-refractivity contribution in [3.05, 3.63) is 62.4 Å². The Morgan fingerprint density at radius 3 is 2.65 bits per heavy atom. The Kier molecular flexibility index (Phi) is 4.16. The molecule has 0 aliphatic rings. The molecule has 0 radical (unpaired) electrons. The topological polar surface area (TPSA) is 85.1 Å². The summed E-state index contributed by atoms with van der Waals surface area (Å²) in [4.78, 5) is 25.8. The van der Waals surface area contributed by atoms with E-state index in [4.69, 9.17) is 23.2 Å². The minimum atomic E-state index is -0.592. The van der Waals surface area contributed by atoms with E-state index in [9.17, 15) is 14.9 Å². The fraction of sp³-hybridized carbons (Fsp3) is 0. The van der Waals surface area contributed by atoms with Gasteiger partial charge in [0, 0.05) is 18.3 Å². The SMILES string of the molecule is O=C(Nc1cccnc1Cl)c1ccc([N+](=O)[O-])cc1Cl. The summed E-state index contributed by atoms with van der Waals surface area (Å²) in [7, 11) is 0. The predicted octanol–water partition coefficient (Wildman–Crippen LogP) is 3.55. The molecule has 0 saturated carbocycles. The molecule has 1 aromatic carbocycles. The Balaban J connectivity index is 2.26. The lowest BCUT2D eigenvalue weighted by Crippen LogP contribution is -2.13. The molecule has 8 heteroatoms. The Morgan fingerprint density at radius 2 is 2.05 bits per heavy atom. The smallest absolute Gasteiger partial charge is 0.270 e. The molecule has 1 aromatic heterocycles. The van der Waals surface area contributed by atoms with Gasteiger partial charge in [0.15, 0.2) is 5.15 Å². The third-order valence-corrected chi connectivity index (χ3v) is 3.03. The van der Waals surface area contributed by atoms with E-state index in [2.05, 4.69) is 10.3 Å². The Morgan fingerprint density at radius 1 is 1.30 bits per heavy atom. The average molecular weight is 312 g/mol. The van der Waals surface area contributed by atoms with Crippen molar-refractivity contribution in [2.75, 3.05) is 5.32 Å². The van der Waals surface area contributed by atoms with Gasteiger partial charge in [0.2, 0.25) is 0 Å². The minimum absolute atomic E-state index is 0.0169. The van der Waals surface area contributed by atoms with Gasteiger partial charge < -0.3 is 5.32 Å². The van der Waals surface area contributed by atoms with Crippen LogP contribution in [0.4, 0.5) is 11.4 Å². The normalized spacial score (nSPS) is 10.1. The second kappa shape index (κ2) is 5.85. The monoisotopic (exact) mass is 311 g/mol. The van der Waals surface area contributed by atoms with Crippen molar-refractivity contribution in [1.29, 1.82) is 0 Å². The van der Waals surface area contributed by atoms with E-state index in [-0.39, 0.29) is 21.4 Å². The van der Waals surface area contributed by atoms with Gasteiger partial charge in [-0.2, -0.15) is 0 Å². The molecule has 0 bridgehead atoms. The van der Waals surface area contributed by atoms with E-state index < -0.39 is 10.8 Å². The number of nitrogens with zero attached hydrogens (tertiary/aromatic N) is 2. The first-order valence-electron chi connectivity index (χ1n) is 5.35. The van der Waals surface area contributed by atoms with Crippen molar-refractivity contribution in [2.45, 2.75) is 0 Å². The zero-order valence-corrected chi connectivity index (χ0v) is 11.4. The number of carbonyl (C=O) groups is 1. The second-order valence-electron chi connectivity index (χ2n) is 3.72. The van der Waals surface area contributed by atoms with Gasteiger partial charge in [-0.1, -0.05) is 23.2 Å². The number of hydrogen-bond acceptors (Lipinski definition) is 4. The number of pyridine rings is 1. The van der Waals surface area contributed by atoms with Crippen LogP contribution in [0.3, 0.4) is 0 Å². The maximum atomic E-state index is 12.0. The molecular formula is C12H7Cl2N3O3. The number of rotatable bonds is 3. The summed E-state index contributed by atoms with van der Waals surface area (Å²) in [5, 5.41) is 13.2. The zero-order chi connectivity index (χ0) is 14.7. The largest absolute Gasteiger partial charge is 0.319 e. The lowest BCUT2D eigenvalue weighted by molar-refractivity contribution is -0.384. The summed E-state index contributed by atoms with van der Waals surface area (Å²) in [6, 6.07) is 6.78. The number of halogens is 2. The number of amides is 1. The number of nitrogens with one attached hydrogen (secondary N) is 1. The highest BCUT2D eigenvalue weighted by molar-refractivity contribution is 6.35. The zero-order valence-electron chi connectivity index (χ0n) is 9.84. The van der Waals surface area contributed by atoms with Crippen molar-refractivity contribution in [3.63, 3.8) is 0 Å². The van der Waals surface area contributed by atoms with Crippen molar-refractivity contribution in [1.82, 2.24) is 4.98 Å². The highest BCUT2D eigenvalue weighted by atomic mass is 35.5. The van der Waals surface area contributed by atoms with Gasteiger partial charge in [0.25, 0.3) is 11.6 Å². The van der Waals surface area contributed by atoms with Crippen LogP contribution < -0.4 is 5.32 Å². The van der Waals surface area contributed by atoms with E-state index in [0.29, 0.717) is 5.69 Å². The van der Waals surface area contributed by atoms with Gasteiger partial charge in [-0.25, -0.2) is 4.98 Å². The molecule has 0 fully saturated rings. The summed E-state index contributed by atoms with van der Waals surface area (Å²) in [6.45, 7) is 0. The second-order valence-corrected chi connectivity index (χ2v) is 4.48. The van der Waals surface area contributed by atoms with Crippen LogP contribution in [0.25, 0.3) is 0 Å². The Bertz CT molecular complexity index is 691. The number of nitro groups is 1. The molecule has 2 rings (SSSR count). The minimum Gasteiger partial charge on any atom is -0.319 e. The standard InChI is InChI=1S/C12H7Cl2N3O3/c13-9-6-7(17(19)20)3-4-8(9)12(18)16-10-2-1-5-15-11(10)14/h1-6H,(H,16,18). The lowest BCUT2D eigenvalue weighted by atomic mass is 10.2. The quantitative estimate of drug-likeness (QED) is 0.533. The molecule has 1 heterocycles. The van der Waals surface area contributed by atoms with Crippen molar-refractivity contribution in [3.8, 4) is 0 Å². The van der Waals surface area contributed by atoms with Gasteiger partial charge in [-0.3, -0.25) is 14.9 Å². The van der Waals surface area contributed by atoms with Gasteiger partial charge in [0.05, 0.1) is 21.2 Å². The molecular weight excluding hydrogens is 305 g/mol. The van der Waals surface area contributed by atoms with Crippen LogP contribution in [0, 0.1) is 10.1 Å². The molecule has 0 aliphatic carbocycles. The Labute approximate surface area is 123 Å². The van der Waals surface area contributed by atoms with Gasteiger partial charge in [-0.15, -0.1) is 0 Å². The molecule has 1 amide bonds. The third kappa shape index (κ3) is 3.04. The molecule has 2 aromatic rings. The first kappa shape index (κ1) is 14.2. The van der Waals surface area contributed by atoms with E-state index in [1.54, 1.807) is 12.1 Å². The summed E-state index contributed by atoms with van der Waals surface area (Å²) in [5.41, 5.74) is 0.247. The molecule has 20 heavy (non-hydrogen) atoms. The fourth-order valence-corrected chi connectivity index (χ4v) is 1.90. The highest BCUT2D eigenvalue weighted by Crippen LogP contribution is 2.24. The molecule has 6 nitrogen and oxygen atoms in total. The van der Waals surface area contributed by atoms with E-state index in [1.165, 1.54) is 18.3 Å². The van der Waals surface area contributed by atoms with Crippen LogP contribution in [0.2, 0.25) is 10.2 Å². The van der Waals surface area contributed by atoms with Crippen LogP contribution in [0.5, 0.6) is 0 Å². The van der Waals surface area contributed by atoms with Crippen LogP contribution >= 0.6 is 23.2 Å². The molecule has 0 saturated heterocycles. The van der Waals surface area contributed by atoms with Crippen LogP contribution in [0.15, 0.2) is 36.5 Å². The molecule has 0 aliphatic heterocycles. The average Bonchev–Trinajstić information content (AvgIpc) is 2.41. The van der Waals surface area contributed by atoms with Gasteiger partial charge >= 0.3 is 0 Å². The molecule has 0 spiro atoms. The number of carbonyl (C=O) groups excluding carboxylic acids is 1. The summed E-state index contributed by atoms with van der Waals surface area (Å²) < 4.78 is 0. The van der Waals surface area contributed by atoms with Gasteiger partial charge in [0.1, 0.15) is 0 Å². The number of nitro benzene ring substituents is 1. The number of non-ortho nitro benzene ring substituents is 1. The number of hydrogen-bond donors (Lipinski definition) is 1. The summed E-state index contributed by atoms with van der Waals surface area (Å²) >= 11 is 11.7. The van der Waals surface area contributed by atoms with Crippen LogP contribution in [0.1, 0.15) is 10.4 Å². The molecule has 0 unspecified atom stereocenters. The molecule has 0 atom stereocenters. The number of anilines is 1. The van der Waals surface area contributed by atoms with E-state index in [0.717, 1.165) is 6.07 Å². The molecule has 1 N–H and O–H groups in total. The Hall–Kier alpha value is -2.18. The summed E-state index contributed by atoms with van der Waals surface area (Å²) in [5.74, 6) is -0.528. The van der Waals surface area contributed by atoms with E-state index >= 15 is 0 Å². The predicted molar refractivity (Wildman–Crippen MR) is 75.3 cm³/mol.